The van der Waals surface area contributed by atoms with Crippen molar-refractivity contribution >= 4 is 57.2 Å². The van der Waals surface area contributed by atoms with E-state index in [1.165, 1.54) is 0 Å². The van der Waals surface area contributed by atoms with Crippen molar-refractivity contribution in [2.75, 3.05) is 5.32 Å². The number of nitrogens with one attached hydrogen (secondary N) is 2. The molecule has 0 atom stereocenters. The number of carbonyl (C=O) groups is 2. The van der Waals surface area contributed by atoms with Crippen LogP contribution in [0.3, 0.4) is 0 Å². The first-order valence-electron chi connectivity index (χ1n) is 8.45. The molecular formula is C18H16IN5O6. The van der Waals surface area contributed by atoms with Crippen LogP contribution in [-0.2, 0) is 16.0 Å². The molecule has 0 bridgehead atoms. The van der Waals surface area contributed by atoms with E-state index in [1.807, 2.05) is 12.1 Å². The van der Waals surface area contributed by atoms with E-state index in [2.05, 4.69) is 38.4 Å². The molecule has 0 spiro atoms. The first-order valence-corrected chi connectivity index (χ1v) is 9.52. The molecular weight excluding hydrogens is 509 g/mol. The lowest BCUT2D eigenvalue weighted by atomic mass is 10.1. The van der Waals surface area contributed by atoms with Gasteiger partial charge in [0.25, 0.3) is 11.4 Å². The summed E-state index contributed by atoms with van der Waals surface area (Å²) in [5.74, 6) is -0.984. The topological polar surface area (TPSA) is 157 Å². The Kier molecular flexibility index (Phi) is 7.91. The summed E-state index contributed by atoms with van der Waals surface area (Å²) in [6.45, 7) is 1.54. The van der Waals surface area contributed by atoms with Crippen molar-refractivity contribution < 1.29 is 19.4 Å². The summed E-state index contributed by atoms with van der Waals surface area (Å²) in [5, 5.41) is 28.4. The van der Waals surface area contributed by atoms with Crippen LogP contribution in [0.25, 0.3) is 0 Å². The minimum absolute atomic E-state index is 0.00686. The lowest BCUT2D eigenvalue weighted by Crippen LogP contribution is -2.23. The van der Waals surface area contributed by atoms with E-state index in [-0.39, 0.29) is 17.9 Å². The normalized spacial score (nSPS) is 10.9. The number of nitro benzene ring substituents is 2. The van der Waals surface area contributed by atoms with Crippen LogP contribution in [-0.4, -0.2) is 27.4 Å². The monoisotopic (exact) mass is 525 g/mol. The summed E-state index contributed by atoms with van der Waals surface area (Å²) < 4.78 is 1.03. The summed E-state index contributed by atoms with van der Waals surface area (Å²) in [4.78, 5) is 44.4. The molecule has 2 amide bonds. The summed E-state index contributed by atoms with van der Waals surface area (Å²) >= 11 is 2.15. The number of hydrogen-bond donors (Lipinski definition) is 2. The highest BCUT2D eigenvalue weighted by molar-refractivity contribution is 14.1. The quantitative estimate of drug-likeness (QED) is 0.233. The van der Waals surface area contributed by atoms with Gasteiger partial charge in [0.15, 0.2) is 0 Å². The molecule has 0 aliphatic heterocycles. The fraction of sp³-hybridized carbons (Fsp3) is 0.167. The minimum atomic E-state index is -0.793. The predicted molar refractivity (Wildman–Crippen MR) is 117 cm³/mol. The first kappa shape index (κ1) is 22.9. The van der Waals surface area contributed by atoms with Gasteiger partial charge in [0, 0.05) is 26.6 Å². The Bertz CT molecular complexity index is 1020. The van der Waals surface area contributed by atoms with Crippen LogP contribution >= 0.6 is 22.6 Å². The second-order valence-corrected chi connectivity index (χ2v) is 7.36. The SMILES string of the molecule is C/C(CC(=O)Nc1ccc(I)cc1)=N\NC(=O)Cc1ccc([N+](=O)[O-])cc1[N+](=O)[O-]. The van der Waals surface area contributed by atoms with Crippen molar-refractivity contribution in [3.63, 3.8) is 0 Å². The Labute approximate surface area is 184 Å². The van der Waals surface area contributed by atoms with E-state index in [0.29, 0.717) is 11.4 Å². The smallest absolute Gasteiger partial charge is 0.279 e. The molecule has 2 N–H and O–H groups in total. The Morgan fingerprint density at radius 3 is 2.30 bits per heavy atom. The molecule has 0 saturated heterocycles. The highest BCUT2D eigenvalue weighted by Crippen LogP contribution is 2.25. The third kappa shape index (κ3) is 6.88. The number of carbonyl (C=O) groups excluding carboxylic acids is 2. The van der Waals surface area contributed by atoms with Gasteiger partial charge < -0.3 is 5.32 Å². The van der Waals surface area contributed by atoms with Crippen LogP contribution in [0.4, 0.5) is 17.1 Å². The predicted octanol–water partition coefficient (Wildman–Crippen LogP) is 3.17. The Balaban J connectivity index is 1.95. The zero-order valence-corrected chi connectivity index (χ0v) is 17.8. The molecule has 0 radical (unpaired) electrons. The molecule has 0 aromatic heterocycles. The molecule has 12 heteroatoms. The molecule has 2 aromatic rings. The highest BCUT2D eigenvalue weighted by atomic mass is 127. The molecule has 0 saturated carbocycles. The molecule has 0 aliphatic rings. The second kappa shape index (κ2) is 10.4. The van der Waals surface area contributed by atoms with Crippen molar-refractivity contribution in [3.05, 3.63) is 71.8 Å². The van der Waals surface area contributed by atoms with E-state index in [9.17, 15) is 29.8 Å². The van der Waals surface area contributed by atoms with Crippen LogP contribution in [0.5, 0.6) is 0 Å². The average Bonchev–Trinajstić information content (AvgIpc) is 2.68. The van der Waals surface area contributed by atoms with Gasteiger partial charge in [-0.25, -0.2) is 5.43 Å². The number of nitrogens with zero attached hydrogens (tertiary/aromatic N) is 3. The van der Waals surface area contributed by atoms with Crippen LogP contribution in [0, 0.1) is 23.8 Å². The van der Waals surface area contributed by atoms with Crippen molar-refractivity contribution in [2.24, 2.45) is 5.10 Å². The largest absolute Gasteiger partial charge is 0.326 e. The van der Waals surface area contributed by atoms with Crippen LogP contribution in [0.2, 0.25) is 0 Å². The standard InChI is InChI=1S/C18H16IN5O6/c1-11(8-17(25)20-14-5-3-13(19)4-6-14)21-22-18(26)9-12-2-7-15(23(27)28)10-16(12)24(29)30/h2-7,10H,8-9H2,1H3,(H,20,25)(H,22,26)/b21-11+. The fourth-order valence-electron chi connectivity index (χ4n) is 2.37. The molecule has 156 valence electrons. The van der Waals surface area contributed by atoms with Gasteiger partial charge in [0.05, 0.1) is 28.8 Å². The summed E-state index contributed by atoms with van der Waals surface area (Å²) in [5.41, 5.74) is 2.20. The van der Waals surface area contributed by atoms with Crippen molar-refractivity contribution in [1.82, 2.24) is 5.43 Å². The lowest BCUT2D eigenvalue weighted by Gasteiger charge is -2.06. The molecule has 0 aliphatic carbocycles. The maximum atomic E-state index is 12.0. The van der Waals surface area contributed by atoms with Gasteiger partial charge in [0.1, 0.15) is 0 Å². The number of nitro groups is 2. The van der Waals surface area contributed by atoms with Crippen molar-refractivity contribution in [3.8, 4) is 0 Å². The molecule has 0 heterocycles. The third-order valence-corrected chi connectivity index (χ3v) is 4.46. The average molecular weight is 525 g/mol. The minimum Gasteiger partial charge on any atom is -0.326 e. The van der Waals surface area contributed by atoms with Crippen LogP contribution in [0.1, 0.15) is 18.9 Å². The van der Waals surface area contributed by atoms with Gasteiger partial charge in [0.2, 0.25) is 11.8 Å². The molecule has 2 rings (SSSR count). The van der Waals surface area contributed by atoms with Gasteiger partial charge in [-0.3, -0.25) is 29.8 Å². The zero-order chi connectivity index (χ0) is 22.3. The molecule has 0 fully saturated rings. The fourth-order valence-corrected chi connectivity index (χ4v) is 2.73. The van der Waals surface area contributed by atoms with Crippen molar-refractivity contribution in [2.45, 2.75) is 19.8 Å². The number of amides is 2. The van der Waals surface area contributed by atoms with Crippen LogP contribution in [0.15, 0.2) is 47.6 Å². The van der Waals surface area contributed by atoms with Gasteiger partial charge in [-0.1, -0.05) is 0 Å². The second-order valence-electron chi connectivity index (χ2n) is 6.12. The number of benzene rings is 2. The lowest BCUT2D eigenvalue weighted by molar-refractivity contribution is -0.394. The van der Waals surface area contributed by atoms with E-state index < -0.39 is 33.5 Å². The van der Waals surface area contributed by atoms with Gasteiger partial charge in [-0.05, 0) is 59.8 Å². The summed E-state index contributed by atoms with van der Waals surface area (Å²) in [7, 11) is 0. The number of hydrazone groups is 1. The van der Waals surface area contributed by atoms with Crippen LogP contribution < -0.4 is 10.7 Å². The Morgan fingerprint density at radius 1 is 1.03 bits per heavy atom. The maximum Gasteiger partial charge on any atom is 0.279 e. The highest BCUT2D eigenvalue weighted by Gasteiger charge is 2.21. The zero-order valence-electron chi connectivity index (χ0n) is 15.6. The number of halogens is 1. The van der Waals surface area contributed by atoms with E-state index in [0.717, 1.165) is 21.8 Å². The maximum absolute atomic E-state index is 12.0. The van der Waals surface area contributed by atoms with E-state index in [1.54, 1.807) is 19.1 Å². The molecule has 0 unspecified atom stereocenters. The van der Waals surface area contributed by atoms with Crippen molar-refractivity contribution in [1.29, 1.82) is 0 Å². The number of hydrogen-bond acceptors (Lipinski definition) is 7. The number of anilines is 1. The Morgan fingerprint density at radius 2 is 1.70 bits per heavy atom. The molecule has 2 aromatic carbocycles. The molecule has 11 nitrogen and oxygen atoms in total. The number of non-ortho nitro benzene ring substituents is 1. The summed E-state index contributed by atoms with van der Waals surface area (Å²) in [6.07, 6.45) is -0.468. The first-order chi connectivity index (χ1) is 14.2. The van der Waals surface area contributed by atoms with Gasteiger partial charge in [-0.2, -0.15) is 5.10 Å². The molecule has 30 heavy (non-hydrogen) atoms. The van der Waals surface area contributed by atoms with E-state index >= 15 is 0 Å². The third-order valence-electron chi connectivity index (χ3n) is 3.74. The number of rotatable bonds is 8. The van der Waals surface area contributed by atoms with Gasteiger partial charge >= 0.3 is 0 Å². The summed E-state index contributed by atoms with van der Waals surface area (Å²) in [6, 6.07) is 10.2. The Hall–Kier alpha value is -3.42. The van der Waals surface area contributed by atoms with E-state index in [4.69, 9.17) is 0 Å². The van der Waals surface area contributed by atoms with Gasteiger partial charge in [-0.15, -0.1) is 0 Å².